The Balaban J connectivity index is 1.41. The second-order valence-corrected chi connectivity index (χ2v) is 7.48. The fourth-order valence-corrected chi connectivity index (χ4v) is 3.96. The summed E-state index contributed by atoms with van der Waals surface area (Å²) in [6, 6.07) is 0.520. The number of aryl methyl sites for hydroxylation is 2. The highest BCUT2D eigenvalue weighted by molar-refractivity contribution is 5.74. The monoisotopic (exact) mass is 349 g/mol. The largest absolute Gasteiger partial charge is 0.373 e. The van der Waals surface area contributed by atoms with Gasteiger partial charge >= 0.3 is 6.03 Å². The van der Waals surface area contributed by atoms with E-state index < -0.39 is 0 Å². The van der Waals surface area contributed by atoms with Crippen LogP contribution in [0.4, 0.5) is 4.79 Å². The second-order valence-electron chi connectivity index (χ2n) is 7.48. The molecule has 0 radical (unpaired) electrons. The van der Waals surface area contributed by atoms with Gasteiger partial charge in [0.15, 0.2) is 0 Å². The SMILES string of the molecule is Cc1nn(C)c(C)c1CC(C)NC(=O)NCC1CN2CCCC2CO1. The highest BCUT2D eigenvalue weighted by atomic mass is 16.5. The summed E-state index contributed by atoms with van der Waals surface area (Å²) in [6.45, 7) is 9.55. The van der Waals surface area contributed by atoms with E-state index in [-0.39, 0.29) is 18.2 Å². The number of aromatic nitrogens is 2. The van der Waals surface area contributed by atoms with E-state index in [1.54, 1.807) is 0 Å². The molecule has 3 rings (SSSR count). The van der Waals surface area contributed by atoms with Crippen LogP contribution in [0.1, 0.15) is 36.7 Å². The van der Waals surface area contributed by atoms with Crippen molar-refractivity contribution in [3.8, 4) is 0 Å². The fraction of sp³-hybridized carbons (Fsp3) is 0.778. The molecule has 2 aliphatic rings. The molecular formula is C18H31N5O2. The number of rotatable bonds is 5. The van der Waals surface area contributed by atoms with Crippen LogP contribution in [0.15, 0.2) is 0 Å². The number of carbonyl (C=O) groups excluding carboxylic acids is 1. The minimum atomic E-state index is -0.126. The number of ether oxygens (including phenoxy) is 1. The van der Waals surface area contributed by atoms with Gasteiger partial charge in [0, 0.05) is 37.9 Å². The van der Waals surface area contributed by atoms with Crippen molar-refractivity contribution in [3.05, 3.63) is 17.0 Å². The molecule has 7 nitrogen and oxygen atoms in total. The van der Waals surface area contributed by atoms with Crippen LogP contribution in [0.2, 0.25) is 0 Å². The Bertz CT molecular complexity index is 615. The smallest absolute Gasteiger partial charge is 0.315 e. The van der Waals surface area contributed by atoms with Crippen LogP contribution in [0.25, 0.3) is 0 Å². The van der Waals surface area contributed by atoms with E-state index in [1.165, 1.54) is 18.4 Å². The Kier molecular flexibility index (Phi) is 5.64. The summed E-state index contributed by atoms with van der Waals surface area (Å²) < 4.78 is 7.77. The van der Waals surface area contributed by atoms with E-state index in [4.69, 9.17) is 4.74 Å². The first-order valence-corrected chi connectivity index (χ1v) is 9.33. The molecule has 3 atom stereocenters. The second kappa shape index (κ2) is 7.74. The van der Waals surface area contributed by atoms with Crippen LogP contribution in [-0.2, 0) is 18.2 Å². The number of carbonyl (C=O) groups is 1. The zero-order valence-corrected chi connectivity index (χ0v) is 15.8. The van der Waals surface area contributed by atoms with E-state index in [9.17, 15) is 4.79 Å². The van der Waals surface area contributed by atoms with E-state index in [2.05, 4.69) is 27.6 Å². The van der Waals surface area contributed by atoms with Crippen molar-refractivity contribution in [2.45, 2.75) is 58.2 Å². The maximum absolute atomic E-state index is 12.2. The maximum atomic E-state index is 12.2. The van der Waals surface area contributed by atoms with Gasteiger partial charge in [0.05, 0.1) is 18.4 Å². The first-order valence-electron chi connectivity index (χ1n) is 9.33. The molecule has 2 amide bonds. The standard InChI is InChI=1S/C18H31N5O2/c1-12(8-17-13(2)21-22(4)14(17)3)20-18(24)19-9-16-10-23-7-5-6-15(23)11-25-16/h12,15-16H,5-11H2,1-4H3,(H2,19,20,24). The summed E-state index contributed by atoms with van der Waals surface area (Å²) >= 11 is 0. The number of hydrogen-bond acceptors (Lipinski definition) is 4. The van der Waals surface area contributed by atoms with Crippen molar-refractivity contribution < 1.29 is 9.53 Å². The minimum absolute atomic E-state index is 0.0526. The molecule has 3 heterocycles. The van der Waals surface area contributed by atoms with Gasteiger partial charge in [0.2, 0.25) is 0 Å². The molecule has 1 aromatic rings. The molecule has 25 heavy (non-hydrogen) atoms. The quantitative estimate of drug-likeness (QED) is 0.836. The lowest BCUT2D eigenvalue weighted by Crippen LogP contribution is -2.51. The molecule has 140 valence electrons. The van der Waals surface area contributed by atoms with Crippen LogP contribution in [-0.4, -0.2) is 65.1 Å². The van der Waals surface area contributed by atoms with E-state index in [1.807, 2.05) is 25.6 Å². The number of urea groups is 1. The fourth-order valence-electron chi connectivity index (χ4n) is 3.96. The summed E-state index contributed by atoms with van der Waals surface area (Å²) in [5.74, 6) is 0. The van der Waals surface area contributed by atoms with Crippen LogP contribution >= 0.6 is 0 Å². The van der Waals surface area contributed by atoms with Gasteiger partial charge < -0.3 is 15.4 Å². The van der Waals surface area contributed by atoms with Crippen LogP contribution < -0.4 is 10.6 Å². The van der Waals surface area contributed by atoms with Crippen LogP contribution in [0, 0.1) is 13.8 Å². The molecule has 2 aliphatic heterocycles. The van der Waals surface area contributed by atoms with Gasteiger partial charge in [-0.05, 0) is 52.1 Å². The maximum Gasteiger partial charge on any atom is 0.315 e. The van der Waals surface area contributed by atoms with Gasteiger partial charge in [-0.1, -0.05) is 0 Å². The molecule has 2 saturated heterocycles. The topological polar surface area (TPSA) is 71.4 Å². The predicted molar refractivity (Wildman–Crippen MR) is 96.7 cm³/mol. The highest BCUT2D eigenvalue weighted by Gasteiger charge is 2.32. The number of morpholine rings is 1. The molecule has 7 heteroatoms. The van der Waals surface area contributed by atoms with Gasteiger partial charge in [-0.2, -0.15) is 5.10 Å². The van der Waals surface area contributed by atoms with E-state index in [0.29, 0.717) is 12.6 Å². The Morgan fingerprint density at radius 2 is 2.24 bits per heavy atom. The lowest BCUT2D eigenvalue weighted by Gasteiger charge is -2.35. The Morgan fingerprint density at radius 1 is 1.44 bits per heavy atom. The summed E-state index contributed by atoms with van der Waals surface area (Å²) in [4.78, 5) is 14.7. The number of nitrogens with zero attached hydrogens (tertiary/aromatic N) is 3. The Morgan fingerprint density at radius 3 is 2.96 bits per heavy atom. The lowest BCUT2D eigenvalue weighted by atomic mass is 10.1. The number of hydrogen-bond donors (Lipinski definition) is 2. The molecule has 1 aromatic heterocycles. The normalized spacial score (nSPS) is 24.8. The molecule has 3 unspecified atom stereocenters. The summed E-state index contributed by atoms with van der Waals surface area (Å²) in [5.41, 5.74) is 3.40. The third-order valence-corrected chi connectivity index (χ3v) is 5.50. The average molecular weight is 349 g/mol. The predicted octanol–water partition coefficient (Wildman–Crippen LogP) is 1.13. The van der Waals surface area contributed by atoms with E-state index >= 15 is 0 Å². The number of nitrogens with one attached hydrogen (secondary N) is 2. The summed E-state index contributed by atoms with van der Waals surface area (Å²) in [7, 11) is 1.95. The molecule has 0 aliphatic carbocycles. The molecule has 2 N–H and O–H groups in total. The molecule has 0 bridgehead atoms. The Hall–Kier alpha value is -1.60. The molecule has 0 spiro atoms. The molecule has 0 aromatic carbocycles. The van der Waals surface area contributed by atoms with Crippen molar-refractivity contribution in [1.82, 2.24) is 25.3 Å². The highest BCUT2D eigenvalue weighted by Crippen LogP contribution is 2.22. The Labute approximate surface area is 150 Å². The van der Waals surface area contributed by atoms with Crippen molar-refractivity contribution in [3.63, 3.8) is 0 Å². The van der Waals surface area contributed by atoms with E-state index in [0.717, 1.165) is 37.5 Å². The van der Waals surface area contributed by atoms with Gasteiger partial charge in [0.1, 0.15) is 0 Å². The molecular weight excluding hydrogens is 318 g/mol. The summed E-state index contributed by atoms with van der Waals surface area (Å²) in [6.07, 6.45) is 3.39. The third kappa shape index (κ3) is 4.33. The van der Waals surface area contributed by atoms with Gasteiger partial charge in [-0.3, -0.25) is 9.58 Å². The van der Waals surface area contributed by atoms with Crippen molar-refractivity contribution in [1.29, 1.82) is 0 Å². The first-order chi connectivity index (χ1) is 11.9. The van der Waals surface area contributed by atoms with Gasteiger partial charge in [-0.25, -0.2) is 4.79 Å². The van der Waals surface area contributed by atoms with Crippen molar-refractivity contribution in [2.24, 2.45) is 7.05 Å². The van der Waals surface area contributed by atoms with Crippen LogP contribution in [0.3, 0.4) is 0 Å². The van der Waals surface area contributed by atoms with Crippen molar-refractivity contribution >= 4 is 6.03 Å². The van der Waals surface area contributed by atoms with Crippen LogP contribution in [0.5, 0.6) is 0 Å². The lowest BCUT2D eigenvalue weighted by molar-refractivity contribution is -0.0458. The number of amides is 2. The third-order valence-electron chi connectivity index (χ3n) is 5.50. The molecule has 0 saturated carbocycles. The average Bonchev–Trinajstić information content (AvgIpc) is 3.12. The van der Waals surface area contributed by atoms with Gasteiger partial charge in [-0.15, -0.1) is 0 Å². The van der Waals surface area contributed by atoms with Crippen molar-refractivity contribution in [2.75, 3.05) is 26.2 Å². The molecule has 2 fully saturated rings. The zero-order valence-electron chi connectivity index (χ0n) is 15.8. The first kappa shape index (κ1) is 18.2. The summed E-state index contributed by atoms with van der Waals surface area (Å²) in [5, 5.41) is 10.4. The van der Waals surface area contributed by atoms with Gasteiger partial charge in [0.25, 0.3) is 0 Å². The minimum Gasteiger partial charge on any atom is -0.373 e. The zero-order chi connectivity index (χ0) is 18.0. The number of fused-ring (bicyclic) bond motifs is 1.